The summed E-state index contributed by atoms with van der Waals surface area (Å²) in [6.07, 6.45) is 2.31. The zero-order chi connectivity index (χ0) is 24.3. The van der Waals surface area contributed by atoms with Crippen LogP contribution in [0.15, 0.2) is 71.6 Å². The number of fused-ring (bicyclic) bond motifs is 1. The third-order valence-electron chi connectivity index (χ3n) is 6.31. The Bertz CT molecular complexity index is 1320. The molecule has 35 heavy (non-hydrogen) atoms. The molecule has 1 amide bonds. The topological polar surface area (TPSA) is 84.9 Å². The summed E-state index contributed by atoms with van der Waals surface area (Å²) in [4.78, 5) is 13.9. The van der Waals surface area contributed by atoms with E-state index < -0.39 is 10.0 Å². The van der Waals surface area contributed by atoms with E-state index in [1.54, 1.807) is 6.07 Å². The highest BCUT2D eigenvalue weighted by Gasteiger charge is 2.21. The molecule has 0 aromatic heterocycles. The number of likely N-dealkylation sites (tertiary alicyclic amines) is 1. The Hall–Kier alpha value is -3.36. The average molecular weight is 493 g/mol. The van der Waals surface area contributed by atoms with Crippen molar-refractivity contribution in [2.75, 3.05) is 19.8 Å². The van der Waals surface area contributed by atoms with E-state index in [0.29, 0.717) is 37.7 Å². The van der Waals surface area contributed by atoms with Gasteiger partial charge in [0.05, 0.1) is 18.1 Å². The van der Waals surface area contributed by atoms with Gasteiger partial charge in [-0.25, -0.2) is 13.1 Å². The van der Waals surface area contributed by atoms with Gasteiger partial charge in [-0.1, -0.05) is 48.5 Å². The number of hydrogen-bond acceptors (Lipinski definition) is 5. The molecule has 0 spiro atoms. The molecule has 0 bridgehead atoms. The van der Waals surface area contributed by atoms with Crippen LogP contribution in [0, 0.1) is 0 Å². The first-order chi connectivity index (χ1) is 17.0. The molecule has 0 saturated carbocycles. The van der Waals surface area contributed by atoms with Crippen molar-refractivity contribution in [1.29, 1.82) is 0 Å². The lowest BCUT2D eigenvalue weighted by Gasteiger charge is -2.16. The van der Waals surface area contributed by atoms with Crippen molar-refractivity contribution in [2.24, 2.45) is 0 Å². The highest BCUT2D eigenvalue weighted by molar-refractivity contribution is 7.89. The molecule has 3 aromatic carbocycles. The second kappa shape index (κ2) is 10.1. The lowest BCUT2D eigenvalue weighted by Crippen LogP contribution is -2.23. The number of sulfonamides is 1. The van der Waals surface area contributed by atoms with Crippen LogP contribution in [0.25, 0.3) is 11.1 Å². The van der Waals surface area contributed by atoms with Crippen LogP contribution in [0.1, 0.15) is 30.4 Å². The largest absolute Gasteiger partial charge is 0.490 e. The standard InChI is InChI=1S/C27H28N2O5S/c30-27-7-3-14-29(27)19-20-8-10-21(11-9-20)24-6-2-1-5-22(24)18-28-35(31,32)23-12-13-25-26(17-23)34-16-4-15-33-25/h1-2,5-6,8-13,17,28H,3-4,7,14-16,18-19H2. The maximum absolute atomic E-state index is 13.0. The summed E-state index contributed by atoms with van der Waals surface area (Å²) in [6, 6.07) is 20.5. The molecule has 0 atom stereocenters. The molecule has 2 heterocycles. The van der Waals surface area contributed by atoms with Crippen molar-refractivity contribution >= 4 is 15.9 Å². The summed E-state index contributed by atoms with van der Waals surface area (Å²) in [6.45, 7) is 2.62. The molecule has 0 radical (unpaired) electrons. The number of amides is 1. The van der Waals surface area contributed by atoms with E-state index >= 15 is 0 Å². The van der Waals surface area contributed by atoms with Crippen LogP contribution < -0.4 is 14.2 Å². The molecule has 0 unspecified atom stereocenters. The third kappa shape index (κ3) is 5.33. The van der Waals surface area contributed by atoms with Crippen molar-refractivity contribution in [3.05, 3.63) is 77.9 Å². The number of rotatable bonds is 7. The molecule has 1 fully saturated rings. The average Bonchev–Trinajstić information content (AvgIpc) is 3.13. The number of nitrogens with one attached hydrogen (secondary N) is 1. The van der Waals surface area contributed by atoms with Gasteiger partial charge in [0.15, 0.2) is 11.5 Å². The quantitative estimate of drug-likeness (QED) is 0.537. The Balaban J connectivity index is 1.30. The van der Waals surface area contributed by atoms with E-state index in [1.165, 1.54) is 12.1 Å². The Kier molecular flexibility index (Phi) is 6.74. The van der Waals surface area contributed by atoms with E-state index in [9.17, 15) is 13.2 Å². The molecule has 0 aliphatic carbocycles. The monoisotopic (exact) mass is 492 g/mol. The van der Waals surface area contributed by atoms with E-state index in [-0.39, 0.29) is 17.3 Å². The lowest BCUT2D eigenvalue weighted by molar-refractivity contribution is -0.128. The summed E-state index contributed by atoms with van der Waals surface area (Å²) in [5.41, 5.74) is 3.90. The van der Waals surface area contributed by atoms with Gasteiger partial charge in [-0.3, -0.25) is 4.79 Å². The van der Waals surface area contributed by atoms with Gasteiger partial charge in [0, 0.05) is 38.5 Å². The minimum atomic E-state index is -3.75. The van der Waals surface area contributed by atoms with Crippen molar-refractivity contribution in [2.45, 2.75) is 37.2 Å². The fourth-order valence-electron chi connectivity index (χ4n) is 4.40. The fourth-order valence-corrected chi connectivity index (χ4v) is 5.43. The van der Waals surface area contributed by atoms with Gasteiger partial charge in [0.2, 0.25) is 15.9 Å². The zero-order valence-corrected chi connectivity index (χ0v) is 20.2. The Labute approximate surface area is 205 Å². The van der Waals surface area contributed by atoms with E-state index in [2.05, 4.69) is 4.72 Å². The highest BCUT2D eigenvalue weighted by atomic mass is 32.2. The predicted octanol–water partition coefficient (Wildman–Crippen LogP) is 4.12. The molecule has 2 aliphatic heterocycles. The van der Waals surface area contributed by atoms with Crippen LogP contribution in [0.4, 0.5) is 0 Å². The normalized spacial score (nSPS) is 15.8. The molecule has 7 nitrogen and oxygen atoms in total. The first-order valence-corrected chi connectivity index (χ1v) is 13.3. The minimum absolute atomic E-state index is 0.139. The van der Waals surface area contributed by atoms with Gasteiger partial charge in [-0.05, 0) is 40.8 Å². The van der Waals surface area contributed by atoms with Crippen LogP contribution in [0.2, 0.25) is 0 Å². The number of carbonyl (C=O) groups is 1. The predicted molar refractivity (Wildman–Crippen MR) is 133 cm³/mol. The van der Waals surface area contributed by atoms with E-state index in [1.807, 2.05) is 53.4 Å². The van der Waals surface area contributed by atoms with Gasteiger partial charge < -0.3 is 14.4 Å². The number of benzene rings is 3. The molecule has 3 aromatic rings. The molecule has 5 rings (SSSR count). The lowest BCUT2D eigenvalue weighted by atomic mass is 9.98. The maximum atomic E-state index is 13.0. The van der Waals surface area contributed by atoms with Gasteiger partial charge >= 0.3 is 0 Å². The zero-order valence-electron chi connectivity index (χ0n) is 19.4. The van der Waals surface area contributed by atoms with Crippen molar-refractivity contribution in [1.82, 2.24) is 9.62 Å². The van der Waals surface area contributed by atoms with Gasteiger partial charge in [0.25, 0.3) is 0 Å². The van der Waals surface area contributed by atoms with Crippen molar-refractivity contribution < 1.29 is 22.7 Å². The van der Waals surface area contributed by atoms with Crippen LogP contribution in [-0.2, 0) is 27.9 Å². The van der Waals surface area contributed by atoms with Gasteiger partial charge in [0.1, 0.15) is 0 Å². The summed E-state index contributed by atoms with van der Waals surface area (Å²) < 4.78 is 40.0. The summed E-state index contributed by atoms with van der Waals surface area (Å²) >= 11 is 0. The number of ether oxygens (including phenoxy) is 2. The van der Waals surface area contributed by atoms with Crippen LogP contribution in [0.3, 0.4) is 0 Å². The molecule has 182 valence electrons. The smallest absolute Gasteiger partial charge is 0.241 e. The van der Waals surface area contributed by atoms with Crippen LogP contribution in [-0.4, -0.2) is 39.0 Å². The van der Waals surface area contributed by atoms with Gasteiger partial charge in [-0.15, -0.1) is 0 Å². The number of hydrogen-bond donors (Lipinski definition) is 1. The first-order valence-electron chi connectivity index (χ1n) is 11.8. The maximum Gasteiger partial charge on any atom is 0.241 e. The molecular formula is C27H28N2O5S. The van der Waals surface area contributed by atoms with E-state index in [4.69, 9.17) is 9.47 Å². The highest BCUT2D eigenvalue weighted by Crippen LogP contribution is 2.32. The molecule has 2 aliphatic rings. The Morgan fingerprint density at radius 1 is 0.886 bits per heavy atom. The summed E-state index contributed by atoms with van der Waals surface area (Å²) in [7, 11) is -3.75. The van der Waals surface area contributed by atoms with Gasteiger partial charge in [-0.2, -0.15) is 0 Å². The first kappa shape index (κ1) is 23.4. The Morgan fingerprint density at radius 3 is 2.43 bits per heavy atom. The SMILES string of the molecule is O=C1CCCN1Cc1ccc(-c2ccccc2CNS(=O)(=O)c2ccc3c(c2)OCCCO3)cc1. The third-order valence-corrected chi connectivity index (χ3v) is 7.71. The number of carbonyl (C=O) groups excluding carboxylic acids is 1. The van der Waals surface area contributed by atoms with Crippen LogP contribution >= 0.6 is 0 Å². The molecule has 1 saturated heterocycles. The molecular weight excluding hydrogens is 464 g/mol. The second-order valence-electron chi connectivity index (χ2n) is 8.76. The number of nitrogens with zero attached hydrogens (tertiary/aromatic N) is 1. The Morgan fingerprint density at radius 2 is 1.66 bits per heavy atom. The van der Waals surface area contributed by atoms with Crippen molar-refractivity contribution in [3.8, 4) is 22.6 Å². The second-order valence-corrected chi connectivity index (χ2v) is 10.5. The molecule has 8 heteroatoms. The minimum Gasteiger partial charge on any atom is -0.490 e. The molecule has 1 N–H and O–H groups in total. The fraction of sp³-hybridized carbons (Fsp3) is 0.296. The van der Waals surface area contributed by atoms with E-state index in [0.717, 1.165) is 41.6 Å². The van der Waals surface area contributed by atoms with Crippen molar-refractivity contribution in [3.63, 3.8) is 0 Å². The summed E-state index contributed by atoms with van der Waals surface area (Å²) in [5.74, 6) is 1.21. The van der Waals surface area contributed by atoms with Crippen LogP contribution in [0.5, 0.6) is 11.5 Å². The summed E-state index contributed by atoms with van der Waals surface area (Å²) in [5, 5.41) is 0.